The Hall–Kier alpha value is -2.07. The fraction of sp³-hybridized carbons (Fsp3) is 0.579. The van der Waals surface area contributed by atoms with Gasteiger partial charge >= 0.3 is 13.7 Å². The zero-order valence-corrected chi connectivity index (χ0v) is 17.3. The highest BCUT2D eigenvalue weighted by atomic mass is 19.4. The molecule has 29 heavy (non-hydrogen) atoms. The molecule has 0 aliphatic rings. The molecule has 0 saturated heterocycles. The Labute approximate surface area is 169 Å². The van der Waals surface area contributed by atoms with E-state index in [-0.39, 0.29) is 19.4 Å². The average Bonchev–Trinajstić information content (AvgIpc) is 3.07. The minimum atomic E-state index is -4.40. The lowest BCUT2D eigenvalue weighted by atomic mass is 9.84. The van der Waals surface area contributed by atoms with E-state index in [1.54, 1.807) is 30.8 Å². The normalized spacial score (nSPS) is 14.0. The maximum Gasteiger partial charge on any atom is 0.422 e. The van der Waals surface area contributed by atoms with Crippen LogP contribution in [0, 0.1) is 0 Å². The molecule has 1 atom stereocenters. The maximum atomic E-state index is 12.2. The molecule has 0 spiro atoms. The smallest absolute Gasteiger partial charge is 0.422 e. The van der Waals surface area contributed by atoms with E-state index in [1.807, 2.05) is 27.0 Å². The van der Waals surface area contributed by atoms with Gasteiger partial charge in [-0.25, -0.2) is 4.98 Å². The first-order valence-electron chi connectivity index (χ1n) is 9.37. The van der Waals surface area contributed by atoms with Crippen molar-refractivity contribution in [2.24, 2.45) is 0 Å². The van der Waals surface area contributed by atoms with Crippen LogP contribution in [0.4, 0.5) is 13.2 Å². The van der Waals surface area contributed by atoms with Crippen molar-refractivity contribution in [3.8, 4) is 5.88 Å². The summed E-state index contributed by atoms with van der Waals surface area (Å²) in [4.78, 5) is 3.96. The molecule has 0 radical (unpaired) electrons. The SMILES string of the molecule is CCC(c1ccc(OCC(F)(F)F)nc1)n1cc(BOC(C)(C)C(C)(C)O)cn1. The van der Waals surface area contributed by atoms with Crippen LogP contribution in [0.15, 0.2) is 30.7 Å². The molecule has 1 N–H and O–H groups in total. The number of hydrogen-bond donors (Lipinski definition) is 1. The lowest BCUT2D eigenvalue weighted by Crippen LogP contribution is -2.49. The summed E-state index contributed by atoms with van der Waals surface area (Å²) in [5.74, 6) is -0.0793. The summed E-state index contributed by atoms with van der Waals surface area (Å²) in [5, 5.41) is 14.6. The van der Waals surface area contributed by atoms with E-state index in [2.05, 4.69) is 14.8 Å². The van der Waals surface area contributed by atoms with E-state index in [9.17, 15) is 18.3 Å². The van der Waals surface area contributed by atoms with E-state index in [0.29, 0.717) is 6.42 Å². The van der Waals surface area contributed by atoms with Crippen molar-refractivity contribution in [2.45, 2.75) is 64.5 Å². The third-order valence-electron chi connectivity index (χ3n) is 4.96. The minimum absolute atomic E-state index is 0.0793. The number of hydrogen-bond acceptors (Lipinski definition) is 5. The molecule has 0 fully saturated rings. The van der Waals surface area contributed by atoms with Crippen LogP contribution in [-0.2, 0) is 4.65 Å². The van der Waals surface area contributed by atoms with E-state index >= 15 is 0 Å². The van der Waals surface area contributed by atoms with Crippen LogP contribution in [0.3, 0.4) is 0 Å². The zero-order chi connectivity index (χ0) is 21.9. The highest BCUT2D eigenvalue weighted by Gasteiger charge is 2.35. The molecule has 0 saturated carbocycles. The van der Waals surface area contributed by atoms with Crippen LogP contribution in [0.2, 0.25) is 0 Å². The van der Waals surface area contributed by atoms with Crippen LogP contribution in [0.25, 0.3) is 0 Å². The molecule has 10 heteroatoms. The number of pyridine rings is 1. The van der Waals surface area contributed by atoms with Crippen molar-refractivity contribution in [2.75, 3.05) is 6.61 Å². The van der Waals surface area contributed by atoms with Crippen molar-refractivity contribution < 1.29 is 27.7 Å². The Morgan fingerprint density at radius 2 is 1.86 bits per heavy atom. The summed E-state index contributed by atoms with van der Waals surface area (Å²) in [5.41, 5.74) is -0.0930. The molecule has 2 aromatic heterocycles. The Balaban J connectivity index is 2.05. The fourth-order valence-electron chi connectivity index (χ4n) is 2.47. The van der Waals surface area contributed by atoms with Crippen molar-refractivity contribution in [3.05, 3.63) is 36.3 Å². The van der Waals surface area contributed by atoms with Gasteiger partial charge in [0.15, 0.2) is 6.61 Å². The summed E-state index contributed by atoms with van der Waals surface area (Å²) in [6.07, 6.45) is 1.34. The number of aliphatic hydroxyl groups is 1. The Bertz CT molecular complexity index is 786. The second-order valence-electron chi connectivity index (χ2n) is 7.94. The lowest BCUT2D eigenvalue weighted by Gasteiger charge is -2.37. The van der Waals surface area contributed by atoms with Crippen molar-refractivity contribution >= 4 is 12.9 Å². The van der Waals surface area contributed by atoms with Gasteiger partial charge in [-0.3, -0.25) is 4.68 Å². The average molecular weight is 413 g/mol. The minimum Gasteiger partial charge on any atom is -0.468 e. The first-order chi connectivity index (χ1) is 13.3. The number of halogens is 3. The van der Waals surface area contributed by atoms with Gasteiger partial charge in [0.1, 0.15) is 0 Å². The molecule has 0 bridgehead atoms. The fourth-order valence-corrected chi connectivity index (χ4v) is 2.47. The summed E-state index contributed by atoms with van der Waals surface area (Å²) >= 11 is 0. The molecule has 0 amide bonds. The monoisotopic (exact) mass is 413 g/mol. The molecule has 0 aliphatic heterocycles. The van der Waals surface area contributed by atoms with Crippen LogP contribution in [0.5, 0.6) is 5.88 Å². The van der Waals surface area contributed by atoms with Crippen molar-refractivity contribution in [1.82, 2.24) is 14.8 Å². The molecule has 6 nitrogen and oxygen atoms in total. The number of aromatic nitrogens is 3. The predicted molar refractivity (Wildman–Crippen MR) is 105 cm³/mol. The molecule has 160 valence electrons. The topological polar surface area (TPSA) is 69.4 Å². The van der Waals surface area contributed by atoms with E-state index < -0.39 is 24.0 Å². The maximum absolute atomic E-state index is 12.2. The van der Waals surface area contributed by atoms with Gasteiger partial charge in [0.05, 0.1) is 17.2 Å². The standard InChI is InChI=1S/C19H27BF3N3O3/c1-6-15(13-7-8-16(24-9-13)28-12-19(21,22)23)26-11-14(10-25-26)20-29-18(4,5)17(2,3)27/h7-11,15,20,27H,6,12H2,1-5H3. The van der Waals surface area contributed by atoms with Crippen LogP contribution < -0.4 is 10.2 Å². The van der Waals surface area contributed by atoms with E-state index in [4.69, 9.17) is 4.65 Å². The number of rotatable bonds is 9. The second kappa shape index (κ2) is 8.75. The van der Waals surface area contributed by atoms with Gasteiger partial charge in [-0.05, 0) is 51.2 Å². The largest absolute Gasteiger partial charge is 0.468 e. The predicted octanol–water partition coefficient (Wildman–Crippen LogP) is 2.76. The Morgan fingerprint density at radius 3 is 2.38 bits per heavy atom. The second-order valence-corrected chi connectivity index (χ2v) is 7.94. The first-order valence-corrected chi connectivity index (χ1v) is 9.37. The van der Waals surface area contributed by atoms with Crippen molar-refractivity contribution in [3.63, 3.8) is 0 Å². The third-order valence-corrected chi connectivity index (χ3v) is 4.96. The van der Waals surface area contributed by atoms with Gasteiger partial charge < -0.3 is 14.5 Å². The van der Waals surface area contributed by atoms with E-state index in [1.165, 1.54) is 12.3 Å². The number of nitrogens with zero attached hydrogens (tertiary/aromatic N) is 3. The van der Waals surface area contributed by atoms with Crippen LogP contribution in [-0.4, -0.2) is 51.3 Å². The molecule has 2 heterocycles. The third kappa shape index (κ3) is 6.47. The van der Waals surface area contributed by atoms with Crippen LogP contribution in [0.1, 0.15) is 52.6 Å². The van der Waals surface area contributed by atoms with Gasteiger partial charge in [0.25, 0.3) is 0 Å². The van der Waals surface area contributed by atoms with Crippen molar-refractivity contribution in [1.29, 1.82) is 0 Å². The molecule has 0 aliphatic carbocycles. The van der Waals surface area contributed by atoms with Crippen LogP contribution >= 0.6 is 0 Å². The Kier molecular flexibility index (Phi) is 7.00. The molecule has 2 aromatic rings. The lowest BCUT2D eigenvalue weighted by molar-refractivity contribution is -0.154. The zero-order valence-electron chi connectivity index (χ0n) is 17.3. The van der Waals surface area contributed by atoms with Gasteiger partial charge in [0.2, 0.25) is 5.88 Å². The Morgan fingerprint density at radius 1 is 1.17 bits per heavy atom. The summed E-state index contributed by atoms with van der Waals surface area (Å²) in [7, 11) is 0.288. The number of alkyl halides is 3. The highest BCUT2D eigenvalue weighted by molar-refractivity contribution is 6.46. The molecule has 1 unspecified atom stereocenters. The van der Waals surface area contributed by atoms with Gasteiger partial charge in [0, 0.05) is 24.7 Å². The molecule has 0 aromatic carbocycles. The molecular formula is C19H27BF3N3O3. The van der Waals surface area contributed by atoms with E-state index in [0.717, 1.165) is 11.0 Å². The quantitative estimate of drug-likeness (QED) is 0.641. The summed E-state index contributed by atoms with van der Waals surface area (Å²) < 4.78 is 49.0. The summed E-state index contributed by atoms with van der Waals surface area (Å²) in [6.45, 7) is 7.63. The highest BCUT2D eigenvalue weighted by Crippen LogP contribution is 2.25. The number of ether oxygens (including phenoxy) is 1. The summed E-state index contributed by atoms with van der Waals surface area (Å²) in [6, 6.07) is 2.97. The first kappa shape index (κ1) is 23.2. The van der Waals surface area contributed by atoms with Gasteiger partial charge in [-0.1, -0.05) is 6.92 Å². The van der Waals surface area contributed by atoms with Gasteiger partial charge in [-0.2, -0.15) is 18.3 Å². The van der Waals surface area contributed by atoms with Gasteiger partial charge in [-0.15, -0.1) is 0 Å². The molecule has 2 rings (SSSR count). The molecular weight excluding hydrogens is 386 g/mol.